The molecule has 0 aliphatic carbocycles. The number of carboxylic acid groups (broad SMARTS) is 1. The number of carbonyl (C=O) groups is 1. The highest BCUT2D eigenvalue weighted by Crippen LogP contribution is 2.57. The Labute approximate surface area is 376 Å². The van der Waals surface area contributed by atoms with E-state index in [1.165, 1.54) is 205 Å². The zero-order valence-electron chi connectivity index (χ0n) is 39.8. The van der Waals surface area contributed by atoms with E-state index in [4.69, 9.17) is 0 Å². The third kappa shape index (κ3) is 30.5. The molecule has 4 unspecified atom stereocenters. The van der Waals surface area contributed by atoms with Crippen LogP contribution in [0, 0.1) is 0 Å². The van der Waals surface area contributed by atoms with Gasteiger partial charge >= 0.3 is 5.97 Å². The predicted molar refractivity (Wildman–Crippen MR) is 271 cm³/mol. The summed E-state index contributed by atoms with van der Waals surface area (Å²) < 4.78 is -0.772. The van der Waals surface area contributed by atoms with Gasteiger partial charge in [0.2, 0.25) is 0 Å². The summed E-state index contributed by atoms with van der Waals surface area (Å²) in [7, 11) is 0. The molecule has 0 aromatic heterocycles. The van der Waals surface area contributed by atoms with Crippen molar-refractivity contribution < 1.29 is 9.90 Å². The highest BCUT2D eigenvalue weighted by molar-refractivity contribution is 8.25. The summed E-state index contributed by atoms with van der Waals surface area (Å²) in [6, 6.07) is 0. The Balaban J connectivity index is 6.97. The van der Waals surface area contributed by atoms with Gasteiger partial charge < -0.3 is 5.11 Å². The van der Waals surface area contributed by atoms with Gasteiger partial charge in [-0.1, -0.05) is 235 Å². The van der Waals surface area contributed by atoms with Crippen LogP contribution >= 0.6 is 47.0 Å². The minimum Gasteiger partial charge on any atom is -0.480 e. The van der Waals surface area contributed by atoms with Gasteiger partial charge in [-0.05, 0) is 51.4 Å². The van der Waals surface area contributed by atoms with Crippen molar-refractivity contribution in [3.05, 3.63) is 0 Å². The molecule has 0 saturated heterocycles. The van der Waals surface area contributed by atoms with E-state index in [0.29, 0.717) is 21.0 Å². The fraction of sp³-hybridized carbons (Fsp3) is 0.980. The summed E-state index contributed by atoms with van der Waals surface area (Å²) in [5.74, 6) is -0.514. The van der Waals surface area contributed by atoms with Crippen molar-refractivity contribution in [2.24, 2.45) is 0 Å². The van der Waals surface area contributed by atoms with Gasteiger partial charge in [-0.15, -0.1) is 47.0 Å². The molecular weight excluding hydrogens is 773 g/mol. The molecule has 0 spiro atoms. The minimum atomic E-state index is -0.834. The van der Waals surface area contributed by atoms with Gasteiger partial charge in [0.1, 0.15) is 0 Å². The average molecular weight is 876 g/mol. The molecule has 0 saturated carbocycles. The molecule has 0 heterocycles. The Morgan fingerprint density at radius 2 is 0.596 bits per heavy atom. The average Bonchev–Trinajstić information content (AvgIpc) is 3.19. The van der Waals surface area contributed by atoms with Crippen LogP contribution in [0.3, 0.4) is 0 Å². The maximum absolute atomic E-state index is 14.6. The van der Waals surface area contributed by atoms with E-state index in [2.05, 4.69) is 78.9 Å². The van der Waals surface area contributed by atoms with Gasteiger partial charge in [-0.25, -0.2) is 4.79 Å². The summed E-state index contributed by atoms with van der Waals surface area (Å²) in [6.45, 7) is 18.6. The van der Waals surface area contributed by atoms with E-state index in [1.54, 1.807) is 0 Å². The molecule has 0 rings (SSSR count). The maximum Gasteiger partial charge on any atom is 0.332 e. The van der Waals surface area contributed by atoms with Crippen LogP contribution in [0.1, 0.15) is 287 Å². The van der Waals surface area contributed by atoms with E-state index in [0.717, 1.165) is 25.7 Å². The molecule has 0 amide bonds. The molecule has 6 heteroatoms. The molecule has 0 aliphatic rings. The lowest BCUT2D eigenvalue weighted by molar-refractivity contribution is -0.137. The first-order valence-electron chi connectivity index (χ1n) is 25.7. The van der Waals surface area contributed by atoms with Crippen LogP contribution in [-0.4, -0.2) is 40.7 Å². The Morgan fingerprint density at radius 1 is 0.351 bits per heavy atom. The van der Waals surface area contributed by atoms with Crippen molar-refractivity contribution >= 4 is 53.0 Å². The Kier molecular flexibility index (Phi) is 42.8. The highest BCUT2D eigenvalue weighted by atomic mass is 32.2. The van der Waals surface area contributed by atoms with E-state index in [9.17, 15) is 9.90 Å². The van der Waals surface area contributed by atoms with Gasteiger partial charge in [-0.3, -0.25) is 0 Å². The number of carboxylic acids is 1. The molecule has 4 atom stereocenters. The van der Waals surface area contributed by atoms with E-state index in [1.807, 2.05) is 23.5 Å². The van der Waals surface area contributed by atoms with Crippen molar-refractivity contribution in [1.29, 1.82) is 0 Å². The van der Waals surface area contributed by atoms with Gasteiger partial charge in [0.25, 0.3) is 0 Å². The van der Waals surface area contributed by atoms with Crippen LogP contribution in [0.15, 0.2) is 0 Å². The summed E-state index contributed by atoms with van der Waals surface area (Å²) in [5, 5.41) is 13.9. The molecule has 0 bridgehead atoms. The topological polar surface area (TPSA) is 37.3 Å². The third-order valence-electron chi connectivity index (χ3n) is 11.9. The first-order valence-corrected chi connectivity index (χ1v) is 29.4. The van der Waals surface area contributed by atoms with Crippen LogP contribution in [0.25, 0.3) is 0 Å². The first-order chi connectivity index (χ1) is 27.8. The number of hydrogen-bond acceptors (Lipinski definition) is 5. The normalized spacial score (nSPS) is 15.6. The lowest BCUT2D eigenvalue weighted by atomic mass is 10.1. The second-order valence-corrected chi connectivity index (χ2v) is 24.2. The molecule has 1 N–H and O–H groups in total. The van der Waals surface area contributed by atoms with Gasteiger partial charge in [0.05, 0.1) is 4.58 Å². The van der Waals surface area contributed by atoms with Gasteiger partial charge in [-0.2, -0.15) is 0 Å². The predicted octanol–water partition coefficient (Wildman–Crippen LogP) is 19.7. The fourth-order valence-corrected chi connectivity index (χ4v) is 17.2. The zero-order valence-corrected chi connectivity index (χ0v) is 43.1. The fourth-order valence-electron chi connectivity index (χ4n) is 8.38. The third-order valence-corrected chi connectivity index (χ3v) is 19.8. The molecular formula is C51H102O2S4. The first kappa shape index (κ1) is 57.9. The van der Waals surface area contributed by atoms with E-state index >= 15 is 0 Å². The Morgan fingerprint density at radius 3 is 0.860 bits per heavy atom. The smallest absolute Gasteiger partial charge is 0.332 e. The SMILES string of the molecule is CCCCCCCCC(CCC)SC(SC(CCC)CCCCCCCC)C(SC(CCC)CCCCCCCC)(SC(CCC)CCCCCCCC)C(=O)O. The number of unbranched alkanes of at least 4 members (excludes halogenated alkanes) is 20. The van der Waals surface area contributed by atoms with Crippen molar-refractivity contribution in [3.8, 4) is 0 Å². The molecule has 0 aromatic carbocycles. The van der Waals surface area contributed by atoms with Crippen LogP contribution < -0.4 is 0 Å². The standard InChI is InChI=1S/C51H102O2S4/c1-9-17-21-25-29-33-41-45(37-13-5)54-50(55-46(38-14-6)42-34-30-26-22-18-10-2)51(49(52)53,56-47(39-15-7)43-35-31-27-23-19-11-3)57-48(40-16-8)44-36-32-28-24-20-12-4/h45-48,50H,9-44H2,1-8H3,(H,52,53). The zero-order chi connectivity index (χ0) is 42.2. The number of hydrogen-bond donors (Lipinski definition) is 1. The van der Waals surface area contributed by atoms with Crippen LogP contribution in [0.2, 0.25) is 0 Å². The Hall–Kier alpha value is 0.870. The monoisotopic (exact) mass is 875 g/mol. The molecule has 0 aromatic rings. The molecule has 2 nitrogen and oxygen atoms in total. The van der Waals surface area contributed by atoms with E-state index < -0.39 is 10.0 Å². The van der Waals surface area contributed by atoms with Gasteiger partial charge in [0.15, 0.2) is 4.08 Å². The van der Waals surface area contributed by atoms with Crippen LogP contribution in [0.4, 0.5) is 0 Å². The van der Waals surface area contributed by atoms with Crippen molar-refractivity contribution in [2.45, 2.75) is 316 Å². The van der Waals surface area contributed by atoms with Gasteiger partial charge in [0, 0.05) is 21.0 Å². The molecule has 57 heavy (non-hydrogen) atoms. The van der Waals surface area contributed by atoms with Crippen molar-refractivity contribution in [3.63, 3.8) is 0 Å². The summed E-state index contributed by atoms with van der Waals surface area (Å²) in [5.41, 5.74) is 0. The maximum atomic E-state index is 14.6. The number of rotatable bonds is 46. The molecule has 0 aliphatic heterocycles. The number of thioether (sulfide) groups is 4. The second-order valence-electron chi connectivity index (χ2n) is 17.7. The van der Waals surface area contributed by atoms with Crippen molar-refractivity contribution in [1.82, 2.24) is 0 Å². The van der Waals surface area contributed by atoms with E-state index in [-0.39, 0.29) is 4.58 Å². The summed E-state index contributed by atoms with van der Waals surface area (Å²) in [4.78, 5) is 14.6. The lowest BCUT2D eigenvalue weighted by Gasteiger charge is -2.42. The lowest BCUT2D eigenvalue weighted by Crippen LogP contribution is -2.45. The summed E-state index contributed by atoms with van der Waals surface area (Å²) in [6.07, 6.45) is 45.9. The largest absolute Gasteiger partial charge is 0.480 e. The van der Waals surface area contributed by atoms with Crippen LogP contribution in [-0.2, 0) is 4.79 Å². The molecule has 0 fully saturated rings. The second kappa shape index (κ2) is 42.2. The molecule has 0 radical (unpaired) electrons. The Bertz CT molecular complexity index is 784. The molecule has 342 valence electrons. The number of aliphatic carboxylic acids is 1. The highest BCUT2D eigenvalue weighted by Gasteiger charge is 2.52. The minimum absolute atomic E-state index is 0.0612. The van der Waals surface area contributed by atoms with Crippen molar-refractivity contribution in [2.75, 3.05) is 0 Å². The quantitative estimate of drug-likeness (QED) is 0.0485. The summed E-state index contributed by atoms with van der Waals surface area (Å²) >= 11 is 8.25. The van der Waals surface area contributed by atoms with Crippen LogP contribution in [0.5, 0.6) is 0 Å².